The average Bonchev–Trinajstić information content (AvgIpc) is 3.36. The maximum absolute atomic E-state index is 6.39. The average molecular weight is 510 g/mol. The minimum absolute atomic E-state index is 0.145. The van der Waals surface area contributed by atoms with Crippen LogP contribution in [0.3, 0.4) is 0 Å². The number of fused-ring (bicyclic) bond motifs is 3. The monoisotopic (exact) mass is 509 g/mol. The SMILES string of the molecule is Clc1nc(-c2cccc(-c3ccccc3)c2)nc(-c2ccc3c(c2)oc2cccc(-c4ccccc4)c23)n1. The van der Waals surface area contributed by atoms with Gasteiger partial charge in [0.05, 0.1) is 0 Å². The first-order valence-electron chi connectivity index (χ1n) is 12.3. The lowest BCUT2D eigenvalue weighted by atomic mass is 9.99. The Bertz CT molecular complexity index is 1930. The van der Waals surface area contributed by atoms with Crippen LogP contribution in [0.5, 0.6) is 0 Å². The Morgan fingerprint density at radius 2 is 1.11 bits per heavy atom. The summed E-state index contributed by atoms with van der Waals surface area (Å²) in [4.78, 5) is 13.7. The number of aromatic nitrogens is 3. The van der Waals surface area contributed by atoms with Gasteiger partial charge in [0.1, 0.15) is 11.2 Å². The van der Waals surface area contributed by atoms with Gasteiger partial charge in [-0.3, -0.25) is 0 Å². The van der Waals surface area contributed by atoms with Crippen molar-refractivity contribution in [3.05, 3.63) is 127 Å². The molecule has 2 aromatic heterocycles. The molecule has 0 unspecified atom stereocenters. The molecule has 0 aliphatic rings. The molecule has 38 heavy (non-hydrogen) atoms. The van der Waals surface area contributed by atoms with Gasteiger partial charge in [0.25, 0.3) is 0 Å². The van der Waals surface area contributed by atoms with Crippen LogP contribution in [0.1, 0.15) is 0 Å². The van der Waals surface area contributed by atoms with Gasteiger partial charge in [0.2, 0.25) is 5.28 Å². The second-order valence-corrected chi connectivity index (χ2v) is 9.39. The van der Waals surface area contributed by atoms with Crippen LogP contribution >= 0.6 is 11.6 Å². The van der Waals surface area contributed by atoms with E-state index in [2.05, 4.69) is 58.5 Å². The molecule has 5 aromatic carbocycles. The summed E-state index contributed by atoms with van der Waals surface area (Å²) in [5, 5.41) is 2.28. The molecule has 7 rings (SSSR count). The Labute approximate surface area is 224 Å². The van der Waals surface area contributed by atoms with E-state index >= 15 is 0 Å². The molecule has 0 fully saturated rings. The van der Waals surface area contributed by atoms with Gasteiger partial charge in [-0.15, -0.1) is 0 Å². The highest BCUT2D eigenvalue weighted by Gasteiger charge is 2.15. The zero-order chi connectivity index (χ0) is 25.5. The Balaban J connectivity index is 1.32. The smallest absolute Gasteiger partial charge is 0.226 e. The van der Waals surface area contributed by atoms with E-state index in [0.717, 1.165) is 55.3 Å². The Kier molecular flexibility index (Phi) is 5.46. The maximum Gasteiger partial charge on any atom is 0.226 e. The fourth-order valence-electron chi connectivity index (χ4n) is 4.90. The molecule has 2 heterocycles. The van der Waals surface area contributed by atoms with Crippen LogP contribution < -0.4 is 0 Å². The summed E-state index contributed by atoms with van der Waals surface area (Å²) >= 11 is 6.39. The Morgan fingerprint density at radius 3 is 1.87 bits per heavy atom. The number of halogens is 1. The van der Waals surface area contributed by atoms with Gasteiger partial charge in [-0.05, 0) is 58.1 Å². The van der Waals surface area contributed by atoms with E-state index in [1.807, 2.05) is 72.8 Å². The molecule has 0 saturated carbocycles. The minimum atomic E-state index is 0.145. The molecule has 4 nitrogen and oxygen atoms in total. The summed E-state index contributed by atoms with van der Waals surface area (Å²) in [5.74, 6) is 1.02. The summed E-state index contributed by atoms with van der Waals surface area (Å²) in [6, 6.07) is 40.9. The van der Waals surface area contributed by atoms with E-state index in [4.69, 9.17) is 21.0 Å². The van der Waals surface area contributed by atoms with Crippen molar-refractivity contribution >= 4 is 33.5 Å². The van der Waals surface area contributed by atoms with Crippen molar-refractivity contribution in [1.82, 2.24) is 15.0 Å². The highest BCUT2D eigenvalue weighted by Crippen LogP contribution is 2.38. The van der Waals surface area contributed by atoms with Crippen molar-refractivity contribution in [2.24, 2.45) is 0 Å². The van der Waals surface area contributed by atoms with Crippen LogP contribution in [-0.2, 0) is 0 Å². The molecule has 0 radical (unpaired) electrons. The molecule has 0 amide bonds. The van der Waals surface area contributed by atoms with Crippen molar-refractivity contribution < 1.29 is 4.42 Å². The third kappa shape index (κ3) is 4.01. The van der Waals surface area contributed by atoms with E-state index in [0.29, 0.717) is 11.6 Å². The zero-order valence-corrected chi connectivity index (χ0v) is 20.9. The number of rotatable bonds is 4. The first-order chi connectivity index (χ1) is 18.7. The largest absolute Gasteiger partial charge is 0.456 e. The molecule has 7 aromatic rings. The number of furan rings is 1. The van der Waals surface area contributed by atoms with Crippen molar-refractivity contribution in [1.29, 1.82) is 0 Å². The van der Waals surface area contributed by atoms with Gasteiger partial charge in [0, 0.05) is 21.9 Å². The normalized spacial score (nSPS) is 11.3. The van der Waals surface area contributed by atoms with Gasteiger partial charge >= 0.3 is 0 Å². The van der Waals surface area contributed by atoms with Crippen molar-refractivity contribution in [3.8, 4) is 45.0 Å². The summed E-state index contributed by atoms with van der Waals surface area (Å²) in [7, 11) is 0. The summed E-state index contributed by atoms with van der Waals surface area (Å²) < 4.78 is 6.28. The molecule has 0 aliphatic heterocycles. The maximum atomic E-state index is 6.39. The van der Waals surface area contributed by atoms with Gasteiger partial charge in [-0.2, -0.15) is 9.97 Å². The summed E-state index contributed by atoms with van der Waals surface area (Å²) in [5.41, 5.74) is 7.78. The van der Waals surface area contributed by atoms with E-state index in [9.17, 15) is 0 Å². The molecule has 0 bridgehead atoms. The fraction of sp³-hybridized carbons (Fsp3) is 0. The topological polar surface area (TPSA) is 51.8 Å². The quantitative estimate of drug-likeness (QED) is 0.237. The molecule has 5 heteroatoms. The van der Waals surface area contributed by atoms with Crippen molar-refractivity contribution in [2.45, 2.75) is 0 Å². The Morgan fingerprint density at radius 1 is 0.474 bits per heavy atom. The molecular formula is C33H20ClN3O. The number of hydrogen-bond acceptors (Lipinski definition) is 4. The van der Waals surface area contributed by atoms with Crippen molar-refractivity contribution in [2.75, 3.05) is 0 Å². The van der Waals surface area contributed by atoms with Gasteiger partial charge in [-0.25, -0.2) is 4.98 Å². The second kappa shape index (κ2) is 9.25. The van der Waals surface area contributed by atoms with E-state index < -0.39 is 0 Å². The molecule has 0 N–H and O–H groups in total. The Hall–Kier alpha value is -4.80. The van der Waals surface area contributed by atoms with Crippen LogP contribution in [0.15, 0.2) is 126 Å². The van der Waals surface area contributed by atoms with Gasteiger partial charge in [-0.1, -0.05) is 97.1 Å². The third-order valence-corrected chi connectivity index (χ3v) is 6.85. The first kappa shape index (κ1) is 22.4. The van der Waals surface area contributed by atoms with E-state index in [1.54, 1.807) is 0 Å². The molecule has 0 atom stereocenters. The van der Waals surface area contributed by atoms with Crippen LogP contribution in [0.2, 0.25) is 5.28 Å². The summed E-state index contributed by atoms with van der Waals surface area (Å²) in [6.45, 7) is 0. The van der Waals surface area contributed by atoms with Crippen LogP contribution in [0.4, 0.5) is 0 Å². The molecule has 180 valence electrons. The predicted molar refractivity (Wildman–Crippen MR) is 154 cm³/mol. The predicted octanol–water partition coefficient (Wildman–Crippen LogP) is 9.09. The highest BCUT2D eigenvalue weighted by molar-refractivity contribution is 6.28. The first-order valence-corrected chi connectivity index (χ1v) is 12.7. The van der Waals surface area contributed by atoms with Gasteiger partial charge < -0.3 is 4.42 Å². The second-order valence-electron chi connectivity index (χ2n) is 9.06. The molecule has 0 spiro atoms. The number of nitrogens with zero attached hydrogens (tertiary/aromatic N) is 3. The van der Waals surface area contributed by atoms with E-state index in [-0.39, 0.29) is 5.28 Å². The van der Waals surface area contributed by atoms with Crippen LogP contribution in [0, 0.1) is 0 Å². The highest BCUT2D eigenvalue weighted by atomic mass is 35.5. The van der Waals surface area contributed by atoms with Crippen molar-refractivity contribution in [3.63, 3.8) is 0 Å². The lowest BCUT2D eigenvalue weighted by Gasteiger charge is -2.07. The van der Waals surface area contributed by atoms with Crippen LogP contribution in [0.25, 0.3) is 67.0 Å². The standard InChI is InChI=1S/C33H20ClN3O/c34-33-36-31(24-14-7-13-23(19-24)21-9-3-1-4-10-21)35-32(37-33)25-17-18-27-29(20-25)38-28-16-8-15-26(30(27)28)22-11-5-2-6-12-22/h1-20H. The molecule has 0 aliphatic carbocycles. The number of hydrogen-bond donors (Lipinski definition) is 0. The third-order valence-electron chi connectivity index (χ3n) is 6.68. The lowest BCUT2D eigenvalue weighted by Crippen LogP contribution is -1.97. The van der Waals surface area contributed by atoms with E-state index in [1.165, 1.54) is 0 Å². The minimum Gasteiger partial charge on any atom is -0.456 e. The fourth-order valence-corrected chi connectivity index (χ4v) is 5.06. The number of benzene rings is 5. The van der Waals surface area contributed by atoms with Gasteiger partial charge in [0.15, 0.2) is 11.6 Å². The summed E-state index contributed by atoms with van der Waals surface area (Å²) in [6.07, 6.45) is 0. The molecule has 0 saturated heterocycles. The lowest BCUT2D eigenvalue weighted by molar-refractivity contribution is 0.669. The van der Waals surface area contributed by atoms with Crippen LogP contribution in [-0.4, -0.2) is 15.0 Å². The molecular weight excluding hydrogens is 490 g/mol. The zero-order valence-electron chi connectivity index (χ0n) is 20.2.